The summed E-state index contributed by atoms with van der Waals surface area (Å²) < 4.78 is 0. The molecule has 0 unspecified atom stereocenters. The molecule has 1 aliphatic carbocycles. The lowest BCUT2D eigenvalue weighted by atomic mass is 10.3. The van der Waals surface area contributed by atoms with Gasteiger partial charge in [-0.2, -0.15) is 0 Å². The monoisotopic (exact) mass is 303 g/mol. The Hall–Kier alpha value is -2.19. The molecule has 7 nitrogen and oxygen atoms in total. The first kappa shape index (κ1) is 13.8. The van der Waals surface area contributed by atoms with Crippen molar-refractivity contribution in [3.05, 3.63) is 46.3 Å². The van der Waals surface area contributed by atoms with E-state index < -0.39 is 4.92 Å². The Bertz CT molecular complexity index is 673. The van der Waals surface area contributed by atoms with Crippen LogP contribution in [0, 0.1) is 10.1 Å². The van der Waals surface area contributed by atoms with Gasteiger partial charge in [0.2, 0.25) is 0 Å². The van der Waals surface area contributed by atoms with Crippen molar-refractivity contribution in [1.29, 1.82) is 0 Å². The van der Waals surface area contributed by atoms with Crippen LogP contribution in [0.25, 0.3) is 0 Å². The van der Waals surface area contributed by atoms with Crippen molar-refractivity contribution in [3.63, 3.8) is 0 Å². The number of nitrogen functional groups attached to an aromatic ring is 1. The first-order chi connectivity index (χ1) is 10.2. The van der Waals surface area contributed by atoms with Crippen LogP contribution in [0.4, 0.5) is 11.5 Å². The highest BCUT2D eigenvalue weighted by atomic mass is 32.2. The average molecular weight is 303 g/mol. The highest BCUT2D eigenvalue weighted by Crippen LogP contribution is 2.39. The molecule has 0 aliphatic heterocycles. The SMILES string of the molecule is NNc1cc(Sc2ccc([N+](=O)[O-])cc2)nc(C2CC2)n1. The van der Waals surface area contributed by atoms with Crippen molar-refractivity contribution in [3.8, 4) is 0 Å². The number of hydrogen-bond acceptors (Lipinski definition) is 7. The molecule has 3 N–H and O–H groups in total. The summed E-state index contributed by atoms with van der Waals surface area (Å²) in [5, 5.41) is 11.4. The van der Waals surface area contributed by atoms with E-state index in [9.17, 15) is 10.1 Å². The zero-order chi connectivity index (χ0) is 14.8. The molecule has 21 heavy (non-hydrogen) atoms. The Balaban J connectivity index is 1.83. The van der Waals surface area contributed by atoms with E-state index in [0.29, 0.717) is 11.7 Å². The largest absolute Gasteiger partial charge is 0.308 e. The van der Waals surface area contributed by atoms with Crippen molar-refractivity contribution < 1.29 is 4.92 Å². The summed E-state index contributed by atoms with van der Waals surface area (Å²) in [6.45, 7) is 0. The molecule has 0 radical (unpaired) electrons. The number of nitro benzene ring substituents is 1. The number of nitro groups is 1. The zero-order valence-electron chi connectivity index (χ0n) is 11.0. The first-order valence-electron chi connectivity index (χ1n) is 6.43. The van der Waals surface area contributed by atoms with E-state index in [4.69, 9.17) is 5.84 Å². The molecule has 1 fully saturated rings. The molecule has 0 spiro atoms. The Labute approximate surface area is 125 Å². The van der Waals surface area contributed by atoms with Crippen LogP contribution in [0.15, 0.2) is 40.3 Å². The molecule has 1 saturated carbocycles. The van der Waals surface area contributed by atoms with Gasteiger partial charge in [0.05, 0.1) is 4.92 Å². The van der Waals surface area contributed by atoms with Gasteiger partial charge in [0, 0.05) is 29.0 Å². The van der Waals surface area contributed by atoms with Gasteiger partial charge in [-0.05, 0) is 25.0 Å². The lowest BCUT2D eigenvalue weighted by Gasteiger charge is -2.06. The summed E-state index contributed by atoms with van der Waals surface area (Å²) in [6, 6.07) is 8.13. The minimum Gasteiger partial charge on any atom is -0.308 e. The van der Waals surface area contributed by atoms with Crippen molar-refractivity contribution in [1.82, 2.24) is 9.97 Å². The van der Waals surface area contributed by atoms with Crippen LogP contribution in [0.2, 0.25) is 0 Å². The van der Waals surface area contributed by atoms with Crippen LogP contribution in [0.3, 0.4) is 0 Å². The standard InChI is InChI=1S/C13H13N5O2S/c14-17-11-7-12(16-13(15-11)8-1-2-8)21-10-5-3-9(4-6-10)18(19)20/h3-8H,1-2,14H2,(H,15,16,17). The van der Waals surface area contributed by atoms with E-state index in [1.54, 1.807) is 18.2 Å². The predicted octanol–water partition coefficient (Wildman–Crippen LogP) is 2.70. The molecule has 108 valence electrons. The summed E-state index contributed by atoms with van der Waals surface area (Å²) >= 11 is 1.43. The Morgan fingerprint density at radius 2 is 2.00 bits per heavy atom. The third-order valence-corrected chi connectivity index (χ3v) is 4.01. The quantitative estimate of drug-likeness (QED) is 0.378. The van der Waals surface area contributed by atoms with Gasteiger partial charge in [-0.3, -0.25) is 10.1 Å². The molecule has 1 aromatic heterocycles. The van der Waals surface area contributed by atoms with Gasteiger partial charge in [-0.15, -0.1) is 0 Å². The number of non-ortho nitro benzene ring substituents is 1. The Kier molecular flexibility index (Phi) is 3.72. The molecule has 0 amide bonds. The lowest BCUT2D eigenvalue weighted by molar-refractivity contribution is -0.384. The number of benzene rings is 1. The summed E-state index contributed by atoms with van der Waals surface area (Å²) in [6.07, 6.45) is 2.21. The summed E-state index contributed by atoms with van der Waals surface area (Å²) in [5.41, 5.74) is 2.62. The summed E-state index contributed by atoms with van der Waals surface area (Å²) in [5.74, 6) is 7.24. The predicted molar refractivity (Wildman–Crippen MR) is 79.0 cm³/mol. The summed E-state index contributed by atoms with van der Waals surface area (Å²) in [4.78, 5) is 20.0. The van der Waals surface area contributed by atoms with E-state index in [1.807, 2.05) is 0 Å². The summed E-state index contributed by atoms with van der Waals surface area (Å²) in [7, 11) is 0. The zero-order valence-corrected chi connectivity index (χ0v) is 11.8. The van der Waals surface area contributed by atoms with Gasteiger partial charge in [0.15, 0.2) is 0 Å². The molecule has 3 rings (SSSR count). The maximum atomic E-state index is 10.6. The molecule has 0 saturated heterocycles. The highest BCUT2D eigenvalue weighted by Gasteiger charge is 2.27. The average Bonchev–Trinajstić information content (AvgIpc) is 3.32. The second-order valence-electron chi connectivity index (χ2n) is 4.72. The number of aromatic nitrogens is 2. The van der Waals surface area contributed by atoms with Crippen molar-refractivity contribution in [2.24, 2.45) is 5.84 Å². The fourth-order valence-electron chi connectivity index (χ4n) is 1.85. The van der Waals surface area contributed by atoms with E-state index in [0.717, 1.165) is 28.6 Å². The van der Waals surface area contributed by atoms with E-state index >= 15 is 0 Å². The number of hydrogen-bond donors (Lipinski definition) is 2. The minimum absolute atomic E-state index is 0.0741. The van der Waals surface area contributed by atoms with Crippen LogP contribution in [-0.4, -0.2) is 14.9 Å². The van der Waals surface area contributed by atoms with Crippen LogP contribution >= 0.6 is 11.8 Å². The number of anilines is 1. The van der Waals surface area contributed by atoms with E-state index in [-0.39, 0.29) is 5.69 Å². The fourth-order valence-corrected chi connectivity index (χ4v) is 2.67. The van der Waals surface area contributed by atoms with Gasteiger partial charge < -0.3 is 5.43 Å². The molecule has 2 aromatic rings. The Morgan fingerprint density at radius 3 is 2.57 bits per heavy atom. The molecule has 0 atom stereocenters. The third-order valence-electron chi connectivity index (χ3n) is 3.08. The molecular formula is C13H13N5O2S. The molecule has 1 heterocycles. The lowest BCUT2D eigenvalue weighted by Crippen LogP contribution is -2.10. The number of rotatable bonds is 5. The first-order valence-corrected chi connectivity index (χ1v) is 7.25. The van der Waals surface area contributed by atoms with E-state index in [1.165, 1.54) is 23.9 Å². The van der Waals surface area contributed by atoms with Gasteiger partial charge in [-0.25, -0.2) is 15.8 Å². The smallest absolute Gasteiger partial charge is 0.269 e. The second kappa shape index (κ2) is 5.66. The van der Waals surface area contributed by atoms with Crippen LogP contribution in [-0.2, 0) is 0 Å². The maximum Gasteiger partial charge on any atom is 0.269 e. The third kappa shape index (κ3) is 3.29. The van der Waals surface area contributed by atoms with E-state index in [2.05, 4.69) is 15.4 Å². The highest BCUT2D eigenvalue weighted by molar-refractivity contribution is 7.99. The van der Waals surface area contributed by atoms with Gasteiger partial charge >= 0.3 is 0 Å². The molecule has 0 bridgehead atoms. The van der Waals surface area contributed by atoms with Crippen molar-refractivity contribution in [2.75, 3.05) is 5.43 Å². The van der Waals surface area contributed by atoms with Gasteiger partial charge in [0.1, 0.15) is 16.7 Å². The number of nitrogens with one attached hydrogen (secondary N) is 1. The Morgan fingerprint density at radius 1 is 1.29 bits per heavy atom. The molecule has 1 aliphatic rings. The van der Waals surface area contributed by atoms with Crippen LogP contribution in [0.1, 0.15) is 24.6 Å². The van der Waals surface area contributed by atoms with Crippen LogP contribution in [0.5, 0.6) is 0 Å². The molecule has 1 aromatic carbocycles. The van der Waals surface area contributed by atoms with Crippen molar-refractivity contribution in [2.45, 2.75) is 28.7 Å². The maximum absolute atomic E-state index is 10.6. The number of nitrogens with zero attached hydrogens (tertiary/aromatic N) is 3. The molecular weight excluding hydrogens is 290 g/mol. The number of hydrazine groups is 1. The van der Waals surface area contributed by atoms with Gasteiger partial charge in [0.25, 0.3) is 5.69 Å². The molecule has 8 heteroatoms. The minimum atomic E-state index is -0.416. The van der Waals surface area contributed by atoms with Gasteiger partial charge in [-0.1, -0.05) is 11.8 Å². The number of nitrogens with two attached hydrogens (primary N) is 1. The fraction of sp³-hybridized carbons (Fsp3) is 0.231. The van der Waals surface area contributed by atoms with Crippen molar-refractivity contribution >= 4 is 23.3 Å². The topological polar surface area (TPSA) is 107 Å². The van der Waals surface area contributed by atoms with Crippen LogP contribution < -0.4 is 11.3 Å². The second-order valence-corrected chi connectivity index (χ2v) is 5.82. The normalized spacial score (nSPS) is 14.0.